The zero-order valence-corrected chi connectivity index (χ0v) is 15.9. The number of nitrogens with zero attached hydrogens (tertiary/aromatic N) is 7. The molecule has 1 saturated heterocycles. The molecule has 0 bridgehead atoms. The number of morpholine rings is 1. The number of hydrogen-bond donors (Lipinski definition) is 1. The maximum absolute atomic E-state index is 11.2. The van der Waals surface area contributed by atoms with Gasteiger partial charge in [0, 0.05) is 32.0 Å². The number of amides is 1. The molecule has 0 radical (unpaired) electrons. The first-order valence-electron chi connectivity index (χ1n) is 9.20. The van der Waals surface area contributed by atoms with Crippen molar-refractivity contribution in [1.82, 2.24) is 29.5 Å². The molecule has 1 aliphatic rings. The van der Waals surface area contributed by atoms with Gasteiger partial charge in [-0.3, -0.25) is 4.79 Å². The summed E-state index contributed by atoms with van der Waals surface area (Å²) < 4.78 is 7.50. The van der Waals surface area contributed by atoms with Gasteiger partial charge in [0.2, 0.25) is 5.82 Å². The third kappa shape index (κ3) is 3.50. The molecule has 28 heavy (non-hydrogen) atoms. The van der Waals surface area contributed by atoms with Crippen LogP contribution in [0.3, 0.4) is 0 Å². The van der Waals surface area contributed by atoms with Crippen molar-refractivity contribution in [2.75, 3.05) is 31.2 Å². The van der Waals surface area contributed by atoms with E-state index < -0.39 is 5.91 Å². The van der Waals surface area contributed by atoms with E-state index in [1.807, 2.05) is 4.57 Å². The van der Waals surface area contributed by atoms with Crippen LogP contribution in [0.5, 0.6) is 0 Å². The fourth-order valence-corrected chi connectivity index (χ4v) is 3.15. The number of carbonyl (C=O) groups is 1. The second-order valence-electron chi connectivity index (χ2n) is 7.09. The maximum atomic E-state index is 11.2. The third-order valence-corrected chi connectivity index (χ3v) is 4.45. The van der Waals surface area contributed by atoms with Gasteiger partial charge < -0.3 is 19.9 Å². The molecule has 4 rings (SSSR count). The topological polar surface area (TPSA) is 125 Å². The summed E-state index contributed by atoms with van der Waals surface area (Å²) in [6.07, 6.45) is 4.83. The highest BCUT2D eigenvalue weighted by Crippen LogP contribution is 2.27. The quantitative estimate of drug-likeness (QED) is 0.689. The first kappa shape index (κ1) is 18.2. The molecule has 0 unspecified atom stereocenters. The van der Waals surface area contributed by atoms with Crippen LogP contribution in [0, 0.1) is 5.92 Å². The van der Waals surface area contributed by atoms with E-state index in [1.54, 1.807) is 6.33 Å². The van der Waals surface area contributed by atoms with Crippen molar-refractivity contribution < 1.29 is 9.53 Å². The molecule has 146 valence electrons. The number of carbonyl (C=O) groups excluding carboxylic acids is 1. The summed E-state index contributed by atoms with van der Waals surface area (Å²) >= 11 is 0. The number of anilines is 1. The summed E-state index contributed by atoms with van der Waals surface area (Å²) in [5.74, 6) is 0.983. The van der Waals surface area contributed by atoms with Crippen LogP contribution in [-0.4, -0.2) is 61.7 Å². The van der Waals surface area contributed by atoms with Gasteiger partial charge in [-0.1, -0.05) is 13.8 Å². The number of aromatic nitrogens is 6. The van der Waals surface area contributed by atoms with E-state index in [0.29, 0.717) is 30.5 Å². The molecule has 2 N–H and O–H groups in total. The van der Waals surface area contributed by atoms with Gasteiger partial charge in [0.25, 0.3) is 5.91 Å². The maximum Gasteiger partial charge on any atom is 0.286 e. The van der Waals surface area contributed by atoms with Gasteiger partial charge in [0.15, 0.2) is 22.8 Å². The Balaban J connectivity index is 1.84. The van der Waals surface area contributed by atoms with Crippen LogP contribution in [0.1, 0.15) is 24.5 Å². The fraction of sp³-hybridized carbons (Fsp3) is 0.444. The number of nitrogens with two attached hydrogens (primary N) is 1. The predicted octanol–water partition coefficient (Wildman–Crippen LogP) is 0.875. The van der Waals surface area contributed by atoms with Crippen LogP contribution in [-0.2, 0) is 11.3 Å². The molecule has 10 nitrogen and oxygen atoms in total. The number of rotatable bonds is 5. The minimum Gasteiger partial charge on any atom is -0.378 e. The Morgan fingerprint density at radius 1 is 1.18 bits per heavy atom. The summed E-state index contributed by atoms with van der Waals surface area (Å²) in [4.78, 5) is 35.5. The molecule has 0 saturated carbocycles. The first-order chi connectivity index (χ1) is 13.5. The Bertz CT molecular complexity index is 993. The van der Waals surface area contributed by atoms with Crippen LogP contribution in [0.2, 0.25) is 0 Å². The Kier molecular flexibility index (Phi) is 4.86. The zero-order valence-electron chi connectivity index (χ0n) is 15.9. The Morgan fingerprint density at radius 3 is 2.54 bits per heavy atom. The van der Waals surface area contributed by atoms with E-state index >= 15 is 0 Å². The highest BCUT2D eigenvalue weighted by Gasteiger charge is 2.21. The molecule has 0 spiro atoms. The normalized spacial score (nSPS) is 14.8. The largest absolute Gasteiger partial charge is 0.378 e. The Morgan fingerprint density at radius 2 is 1.89 bits per heavy atom. The number of hydrogen-bond acceptors (Lipinski definition) is 8. The minimum atomic E-state index is -0.674. The van der Waals surface area contributed by atoms with Crippen molar-refractivity contribution in [3.8, 4) is 11.4 Å². The lowest BCUT2D eigenvalue weighted by atomic mass is 10.2. The Hall–Kier alpha value is -3.14. The molecule has 1 aliphatic heterocycles. The second kappa shape index (κ2) is 7.47. The van der Waals surface area contributed by atoms with Gasteiger partial charge in [-0.2, -0.15) is 0 Å². The molecule has 1 fully saturated rings. The van der Waals surface area contributed by atoms with E-state index in [0.717, 1.165) is 36.6 Å². The second-order valence-corrected chi connectivity index (χ2v) is 7.09. The standard InChI is InChI=1S/C18H22N8O2/c1-11(2)9-26-10-22-13-17(25-3-5-28-6-4-25)23-15(24-18(13)26)12-7-20-16(14(19)27)21-8-12/h7-8,10-11H,3-6,9H2,1-2H3,(H2,19,27). The molecular formula is C18H22N8O2. The third-order valence-electron chi connectivity index (χ3n) is 4.45. The van der Waals surface area contributed by atoms with E-state index in [1.165, 1.54) is 12.4 Å². The molecule has 1 amide bonds. The zero-order chi connectivity index (χ0) is 19.7. The molecule has 0 aromatic carbocycles. The summed E-state index contributed by atoms with van der Waals surface area (Å²) in [6.45, 7) is 7.85. The molecule has 10 heteroatoms. The van der Waals surface area contributed by atoms with Gasteiger partial charge in [-0.05, 0) is 5.92 Å². The van der Waals surface area contributed by atoms with Gasteiger partial charge in [0.05, 0.1) is 25.1 Å². The summed E-state index contributed by atoms with van der Waals surface area (Å²) in [7, 11) is 0. The fourth-order valence-electron chi connectivity index (χ4n) is 3.15. The van der Waals surface area contributed by atoms with Crippen LogP contribution in [0.4, 0.5) is 5.82 Å². The number of imidazole rings is 1. The van der Waals surface area contributed by atoms with Crippen LogP contribution in [0.25, 0.3) is 22.6 Å². The Labute approximate surface area is 161 Å². The summed E-state index contributed by atoms with van der Waals surface area (Å²) in [5, 5.41) is 0. The molecular weight excluding hydrogens is 360 g/mol. The molecule has 0 atom stereocenters. The van der Waals surface area contributed by atoms with E-state index in [9.17, 15) is 4.79 Å². The van der Waals surface area contributed by atoms with E-state index in [2.05, 4.69) is 33.7 Å². The van der Waals surface area contributed by atoms with Gasteiger partial charge in [-0.15, -0.1) is 0 Å². The molecule has 4 heterocycles. The highest BCUT2D eigenvalue weighted by molar-refractivity contribution is 5.89. The molecule has 3 aromatic heterocycles. The number of fused-ring (bicyclic) bond motifs is 1. The lowest BCUT2D eigenvalue weighted by molar-refractivity contribution is 0.0990. The van der Waals surface area contributed by atoms with Crippen LogP contribution < -0.4 is 10.6 Å². The van der Waals surface area contributed by atoms with Crippen molar-refractivity contribution in [2.45, 2.75) is 20.4 Å². The first-order valence-corrected chi connectivity index (χ1v) is 9.20. The van der Waals surface area contributed by atoms with Crippen molar-refractivity contribution in [2.24, 2.45) is 11.7 Å². The van der Waals surface area contributed by atoms with Crippen LogP contribution >= 0.6 is 0 Å². The average Bonchev–Trinajstić information content (AvgIpc) is 3.10. The van der Waals surface area contributed by atoms with Gasteiger partial charge in [-0.25, -0.2) is 24.9 Å². The SMILES string of the molecule is CC(C)Cn1cnc2c(N3CCOCC3)nc(-c3cnc(C(N)=O)nc3)nc21. The minimum absolute atomic E-state index is 0.0388. The number of ether oxygens (including phenoxy) is 1. The van der Waals surface area contributed by atoms with Crippen molar-refractivity contribution >= 4 is 22.9 Å². The smallest absolute Gasteiger partial charge is 0.286 e. The van der Waals surface area contributed by atoms with Crippen molar-refractivity contribution in [3.05, 3.63) is 24.5 Å². The van der Waals surface area contributed by atoms with Crippen LogP contribution in [0.15, 0.2) is 18.7 Å². The highest BCUT2D eigenvalue weighted by atomic mass is 16.5. The summed E-state index contributed by atoms with van der Waals surface area (Å²) in [6, 6.07) is 0. The monoisotopic (exact) mass is 382 g/mol. The lowest BCUT2D eigenvalue weighted by Gasteiger charge is -2.28. The van der Waals surface area contributed by atoms with Crippen molar-refractivity contribution in [3.63, 3.8) is 0 Å². The number of primary amides is 1. The predicted molar refractivity (Wildman–Crippen MR) is 103 cm³/mol. The molecule has 3 aromatic rings. The van der Waals surface area contributed by atoms with E-state index in [4.69, 9.17) is 20.4 Å². The lowest BCUT2D eigenvalue weighted by Crippen LogP contribution is -2.37. The van der Waals surface area contributed by atoms with Gasteiger partial charge >= 0.3 is 0 Å². The molecule has 0 aliphatic carbocycles. The average molecular weight is 382 g/mol. The summed E-state index contributed by atoms with van der Waals surface area (Å²) in [5.41, 5.74) is 7.36. The van der Waals surface area contributed by atoms with E-state index in [-0.39, 0.29) is 5.82 Å². The van der Waals surface area contributed by atoms with Gasteiger partial charge in [0.1, 0.15) is 0 Å². The van der Waals surface area contributed by atoms with Crippen molar-refractivity contribution in [1.29, 1.82) is 0 Å².